The summed E-state index contributed by atoms with van der Waals surface area (Å²) in [6, 6.07) is 0. The van der Waals surface area contributed by atoms with Gasteiger partial charge in [0.05, 0.1) is 31.8 Å². The summed E-state index contributed by atoms with van der Waals surface area (Å²) >= 11 is 0. The molecular formula is C57H116O12. The molecule has 0 saturated heterocycles. The Kier molecular flexibility index (Phi) is 74.3. The molecule has 0 aromatic rings. The van der Waals surface area contributed by atoms with Gasteiger partial charge in [-0.3, -0.25) is 19.2 Å². The average molecular weight is 994 g/mol. The normalized spacial score (nSPS) is 10.7. The maximum atomic E-state index is 10.2. The number of unbranched alkanes of at least 4 members (excludes halogenated alkanes) is 36. The zero-order chi connectivity index (χ0) is 52.8. The number of carboxylic acids is 4. The molecule has 8 N–H and O–H groups in total. The van der Waals surface area contributed by atoms with E-state index >= 15 is 0 Å². The van der Waals surface area contributed by atoms with Crippen molar-refractivity contribution in [3.05, 3.63) is 0 Å². The molecule has 0 aromatic carbocycles. The second kappa shape index (κ2) is 67.8. The van der Waals surface area contributed by atoms with Crippen molar-refractivity contribution in [2.75, 3.05) is 26.4 Å². The monoisotopic (exact) mass is 993 g/mol. The highest BCUT2D eigenvalue weighted by Crippen LogP contribution is 2.15. The Balaban J connectivity index is -0.000000250. The molecule has 0 saturated carbocycles. The van der Waals surface area contributed by atoms with Crippen LogP contribution in [0.3, 0.4) is 0 Å². The first-order valence-corrected chi connectivity index (χ1v) is 28.6. The molecule has 0 aliphatic rings. The number of rotatable bonds is 48. The van der Waals surface area contributed by atoms with Crippen LogP contribution in [0.5, 0.6) is 0 Å². The molecule has 0 rings (SSSR count). The Morgan fingerprint density at radius 3 is 0.435 bits per heavy atom. The highest BCUT2D eigenvalue weighted by molar-refractivity contribution is 5.67. The highest BCUT2D eigenvalue weighted by Gasteiger charge is 2.26. The van der Waals surface area contributed by atoms with Crippen molar-refractivity contribution in [3.8, 4) is 0 Å². The summed E-state index contributed by atoms with van der Waals surface area (Å²) < 4.78 is 0. The van der Waals surface area contributed by atoms with E-state index in [1.807, 2.05) is 0 Å². The molecule has 416 valence electrons. The van der Waals surface area contributed by atoms with Crippen LogP contribution in [0.4, 0.5) is 0 Å². The van der Waals surface area contributed by atoms with Crippen molar-refractivity contribution in [2.24, 2.45) is 5.41 Å². The van der Waals surface area contributed by atoms with Crippen LogP contribution in [0.1, 0.15) is 310 Å². The first kappa shape index (κ1) is 75.6. The van der Waals surface area contributed by atoms with E-state index in [1.54, 1.807) is 0 Å². The van der Waals surface area contributed by atoms with Crippen molar-refractivity contribution in [2.45, 2.75) is 310 Å². The minimum Gasteiger partial charge on any atom is -0.481 e. The van der Waals surface area contributed by atoms with Crippen LogP contribution in [0, 0.1) is 5.41 Å². The van der Waals surface area contributed by atoms with Gasteiger partial charge in [-0.25, -0.2) is 0 Å². The predicted octanol–water partition coefficient (Wildman–Crippen LogP) is 15.5. The smallest absolute Gasteiger partial charge is 0.303 e. The standard InChI is InChI=1S/4C13H26O2.C5H12O4/c4*1-2-3-4-5-6-7-8-9-10-11-12-13(14)15;6-1-5(2-7,3-8)4-9/h4*2-12H2,1H3,(H,14,15);6-9H,1-4H2. The van der Waals surface area contributed by atoms with Gasteiger partial charge in [0, 0.05) is 25.7 Å². The minimum absolute atomic E-state index is 0.344. The van der Waals surface area contributed by atoms with Gasteiger partial charge in [0.2, 0.25) is 0 Å². The zero-order valence-corrected chi connectivity index (χ0v) is 45.7. The minimum atomic E-state index is -1.11. The average Bonchev–Trinajstić information content (AvgIpc) is 3.33. The van der Waals surface area contributed by atoms with Gasteiger partial charge in [0.1, 0.15) is 0 Å². The molecule has 0 heterocycles. The van der Waals surface area contributed by atoms with Crippen molar-refractivity contribution >= 4 is 23.9 Å². The fourth-order valence-corrected chi connectivity index (χ4v) is 7.35. The summed E-state index contributed by atoms with van der Waals surface area (Å²) in [5.41, 5.74) is -1.11. The van der Waals surface area contributed by atoms with Gasteiger partial charge < -0.3 is 40.9 Å². The second-order valence-electron chi connectivity index (χ2n) is 19.4. The van der Waals surface area contributed by atoms with Crippen LogP contribution in [-0.4, -0.2) is 91.2 Å². The molecule has 0 unspecified atom stereocenters. The van der Waals surface area contributed by atoms with E-state index in [2.05, 4.69) is 27.7 Å². The lowest BCUT2D eigenvalue weighted by atomic mass is 9.93. The first-order valence-electron chi connectivity index (χ1n) is 28.6. The Labute approximate surface area is 424 Å². The van der Waals surface area contributed by atoms with Gasteiger partial charge in [-0.2, -0.15) is 0 Å². The number of aliphatic carboxylic acids is 4. The molecule has 12 nitrogen and oxygen atoms in total. The van der Waals surface area contributed by atoms with Gasteiger partial charge in [-0.15, -0.1) is 0 Å². The lowest BCUT2D eigenvalue weighted by Crippen LogP contribution is -2.37. The first-order chi connectivity index (χ1) is 33.3. The summed E-state index contributed by atoms with van der Waals surface area (Å²) in [6.45, 7) is 7.33. The molecule has 0 bridgehead atoms. The maximum Gasteiger partial charge on any atom is 0.303 e. The predicted molar refractivity (Wildman–Crippen MR) is 287 cm³/mol. The van der Waals surface area contributed by atoms with E-state index < -0.39 is 55.7 Å². The third kappa shape index (κ3) is 80.1. The Morgan fingerprint density at radius 1 is 0.232 bits per heavy atom. The summed E-state index contributed by atoms with van der Waals surface area (Å²) in [6.07, 6.45) is 51.7. The third-order valence-electron chi connectivity index (χ3n) is 12.3. The van der Waals surface area contributed by atoms with Gasteiger partial charge in [0.15, 0.2) is 0 Å². The van der Waals surface area contributed by atoms with Crippen molar-refractivity contribution in [1.29, 1.82) is 0 Å². The maximum absolute atomic E-state index is 10.2. The number of hydrogen-bond acceptors (Lipinski definition) is 8. The molecule has 0 aromatic heterocycles. The SMILES string of the molecule is CCCCCCCCCCCCC(=O)O.CCCCCCCCCCCCC(=O)O.CCCCCCCCCCCCC(=O)O.CCCCCCCCCCCCC(=O)O.OCC(CO)(CO)CO. The molecule has 0 fully saturated rings. The Morgan fingerprint density at radius 2 is 0.348 bits per heavy atom. The summed E-state index contributed by atoms with van der Waals surface area (Å²) in [7, 11) is 0. The second-order valence-corrected chi connectivity index (χ2v) is 19.4. The van der Waals surface area contributed by atoms with Crippen LogP contribution in [0.2, 0.25) is 0 Å². The molecule has 12 heteroatoms. The lowest BCUT2D eigenvalue weighted by molar-refractivity contribution is -0.138. The van der Waals surface area contributed by atoms with Crippen molar-refractivity contribution < 1.29 is 60.0 Å². The molecule has 0 amide bonds. The fraction of sp³-hybridized carbons (Fsp3) is 0.930. The zero-order valence-electron chi connectivity index (χ0n) is 45.7. The third-order valence-corrected chi connectivity index (χ3v) is 12.3. The number of carboxylic acid groups (broad SMARTS) is 4. The number of aliphatic hydroxyl groups is 4. The quantitative estimate of drug-likeness (QED) is 0.0266. The van der Waals surface area contributed by atoms with Crippen LogP contribution < -0.4 is 0 Å². The fourth-order valence-electron chi connectivity index (χ4n) is 7.35. The van der Waals surface area contributed by atoms with Gasteiger partial charge >= 0.3 is 23.9 Å². The van der Waals surface area contributed by atoms with E-state index in [4.69, 9.17) is 40.9 Å². The van der Waals surface area contributed by atoms with Gasteiger partial charge in [-0.05, 0) is 25.7 Å². The number of aliphatic hydroxyl groups excluding tert-OH is 4. The lowest BCUT2D eigenvalue weighted by Gasteiger charge is -2.23. The molecule has 0 radical (unpaired) electrons. The van der Waals surface area contributed by atoms with Crippen LogP contribution in [-0.2, 0) is 19.2 Å². The molecule has 0 aliphatic heterocycles. The van der Waals surface area contributed by atoms with Crippen molar-refractivity contribution in [1.82, 2.24) is 0 Å². The van der Waals surface area contributed by atoms with Crippen LogP contribution >= 0.6 is 0 Å². The molecule has 0 aliphatic carbocycles. The van der Waals surface area contributed by atoms with E-state index in [1.165, 1.54) is 205 Å². The molecular weight excluding hydrogens is 877 g/mol. The summed E-state index contributed by atoms with van der Waals surface area (Å²) in [5.74, 6) is -2.63. The summed E-state index contributed by atoms with van der Waals surface area (Å²) in [4.78, 5) is 40.9. The van der Waals surface area contributed by atoms with Crippen molar-refractivity contribution in [3.63, 3.8) is 0 Å². The van der Waals surface area contributed by atoms with E-state index in [0.717, 1.165) is 51.4 Å². The Bertz CT molecular complexity index is 851. The molecule has 69 heavy (non-hydrogen) atoms. The van der Waals surface area contributed by atoms with E-state index in [0.29, 0.717) is 25.7 Å². The van der Waals surface area contributed by atoms with Gasteiger partial charge in [0.25, 0.3) is 0 Å². The summed E-state index contributed by atoms with van der Waals surface area (Å²) in [5, 5.41) is 67.7. The van der Waals surface area contributed by atoms with Crippen LogP contribution in [0.15, 0.2) is 0 Å². The largest absolute Gasteiger partial charge is 0.481 e. The Hall–Kier alpha value is -2.28. The van der Waals surface area contributed by atoms with Crippen LogP contribution in [0.25, 0.3) is 0 Å². The van der Waals surface area contributed by atoms with E-state index in [-0.39, 0.29) is 0 Å². The number of carbonyl (C=O) groups is 4. The number of hydrogen-bond donors (Lipinski definition) is 8. The van der Waals surface area contributed by atoms with E-state index in [9.17, 15) is 19.2 Å². The molecule has 0 atom stereocenters. The topological polar surface area (TPSA) is 230 Å². The highest BCUT2D eigenvalue weighted by atomic mass is 16.4. The molecule has 0 spiro atoms. The van der Waals surface area contributed by atoms with Gasteiger partial charge in [-0.1, -0.05) is 259 Å².